The van der Waals surface area contributed by atoms with E-state index >= 15 is 0 Å². The Balaban J connectivity index is 1.99. The maximum atomic E-state index is 12.2. The van der Waals surface area contributed by atoms with Crippen LogP contribution in [0.25, 0.3) is 0 Å². The molecule has 0 radical (unpaired) electrons. The average Bonchev–Trinajstić information content (AvgIpc) is 2.35. The minimum atomic E-state index is 0.240. The number of amides is 2. The van der Waals surface area contributed by atoms with Crippen LogP contribution < -0.4 is 5.32 Å². The van der Waals surface area contributed by atoms with E-state index in [2.05, 4.69) is 10.2 Å². The van der Waals surface area contributed by atoms with Crippen LogP contribution in [0.2, 0.25) is 0 Å². The molecule has 0 aromatic carbocycles. The van der Waals surface area contributed by atoms with Crippen molar-refractivity contribution >= 4 is 6.03 Å². The van der Waals surface area contributed by atoms with Gasteiger partial charge in [-0.05, 0) is 19.9 Å². The van der Waals surface area contributed by atoms with Crippen LogP contribution >= 0.6 is 0 Å². The number of carbonyl (C=O) groups excluding carboxylic acids is 1. The maximum Gasteiger partial charge on any atom is 0.320 e. The lowest BCUT2D eigenvalue weighted by molar-refractivity contribution is 0.0806. The molecule has 17 heavy (non-hydrogen) atoms. The van der Waals surface area contributed by atoms with Crippen molar-refractivity contribution < 1.29 is 4.79 Å². The molecule has 2 rings (SSSR count). The zero-order chi connectivity index (χ0) is 12.3. The molecule has 0 aromatic heterocycles. The predicted molar refractivity (Wildman–Crippen MR) is 69.0 cm³/mol. The van der Waals surface area contributed by atoms with Gasteiger partial charge < -0.3 is 15.1 Å². The molecule has 4 nitrogen and oxygen atoms in total. The monoisotopic (exact) mass is 239 g/mol. The van der Waals surface area contributed by atoms with Gasteiger partial charge in [-0.3, -0.25) is 0 Å². The first-order chi connectivity index (χ1) is 8.22. The van der Waals surface area contributed by atoms with Crippen molar-refractivity contribution in [3.8, 4) is 0 Å². The Hall–Kier alpha value is -0.770. The molecular weight excluding hydrogens is 214 g/mol. The highest BCUT2D eigenvalue weighted by atomic mass is 16.2. The molecule has 1 aliphatic carbocycles. The fraction of sp³-hybridized carbons (Fsp3) is 0.923. The van der Waals surface area contributed by atoms with Crippen molar-refractivity contribution in [2.24, 2.45) is 5.92 Å². The molecular formula is C13H25N3O. The van der Waals surface area contributed by atoms with Crippen molar-refractivity contribution in [2.45, 2.75) is 38.1 Å². The van der Waals surface area contributed by atoms with Gasteiger partial charge in [0, 0.05) is 38.6 Å². The molecule has 4 heteroatoms. The van der Waals surface area contributed by atoms with Crippen LogP contribution in [0, 0.1) is 5.92 Å². The van der Waals surface area contributed by atoms with Crippen molar-refractivity contribution in [3.63, 3.8) is 0 Å². The number of urea groups is 1. The second kappa shape index (κ2) is 5.71. The lowest BCUT2D eigenvalue weighted by atomic mass is 9.92. The van der Waals surface area contributed by atoms with E-state index < -0.39 is 0 Å². The third kappa shape index (κ3) is 2.92. The Kier molecular flexibility index (Phi) is 4.26. The summed E-state index contributed by atoms with van der Waals surface area (Å²) in [7, 11) is 3.92. The Bertz CT molecular complexity index is 263. The van der Waals surface area contributed by atoms with Gasteiger partial charge in [0.1, 0.15) is 0 Å². The number of nitrogens with zero attached hydrogens (tertiary/aromatic N) is 2. The van der Waals surface area contributed by atoms with Crippen LogP contribution in [0.5, 0.6) is 0 Å². The van der Waals surface area contributed by atoms with Gasteiger partial charge in [0.15, 0.2) is 0 Å². The number of hydrogen-bond donors (Lipinski definition) is 1. The van der Waals surface area contributed by atoms with Crippen LogP contribution in [0.15, 0.2) is 0 Å². The van der Waals surface area contributed by atoms with E-state index in [-0.39, 0.29) is 6.03 Å². The summed E-state index contributed by atoms with van der Waals surface area (Å²) in [4.78, 5) is 16.2. The molecule has 0 aromatic rings. The lowest BCUT2D eigenvalue weighted by Crippen LogP contribution is -2.57. The highest BCUT2D eigenvalue weighted by Gasteiger charge is 2.34. The fourth-order valence-corrected chi connectivity index (χ4v) is 3.21. The Labute approximate surface area is 104 Å². The number of carbonyl (C=O) groups is 1. The van der Waals surface area contributed by atoms with Gasteiger partial charge in [0.05, 0.1) is 0 Å². The molecule has 1 saturated carbocycles. The largest absolute Gasteiger partial charge is 0.327 e. The first-order valence-electron chi connectivity index (χ1n) is 6.88. The van der Waals surface area contributed by atoms with Crippen LogP contribution in [-0.4, -0.2) is 55.6 Å². The van der Waals surface area contributed by atoms with E-state index in [9.17, 15) is 4.79 Å². The van der Waals surface area contributed by atoms with Gasteiger partial charge in [-0.1, -0.05) is 19.3 Å². The average molecular weight is 239 g/mol. The van der Waals surface area contributed by atoms with Gasteiger partial charge in [-0.2, -0.15) is 0 Å². The zero-order valence-electron chi connectivity index (χ0n) is 11.1. The highest BCUT2D eigenvalue weighted by molar-refractivity contribution is 5.75. The van der Waals surface area contributed by atoms with E-state index in [1.807, 2.05) is 19.0 Å². The summed E-state index contributed by atoms with van der Waals surface area (Å²) in [5.74, 6) is 0.574. The second-order valence-electron chi connectivity index (χ2n) is 5.53. The summed E-state index contributed by atoms with van der Waals surface area (Å²) < 4.78 is 0. The zero-order valence-corrected chi connectivity index (χ0v) is 11.1. The van der Waals surface area contributed by atoms with Crippen LogP contribution in [0.3, 0.4) is 0 Å². The third-order valence-corrected chi connectivity index (χ3v) is 4.07. The third-order valence-electron chi connectivity index (χ3n) is 4.07. The number of hydrogen-bond acceptors (Lipinski definition) is 2. The first kappa shape index (κ1) is 12.7. The molecule has 1 N–H and O–H groups in total. The van der Waals surface area contributed by atoms with Crippen molar-refractivity contribution in [1.29, 1.82) is 0 Å². The molecule has 2 aliphatic rings. The summed E-state index contributed by atoms with van der Waals surface area (Å²) in [5.41, 5.74) is 0. The summed E-state index contributed by atoms with van der Waals surface area (Å²) in [5, 5.41) is 3.23. The van der Waals surface area contributed by atoms with Crippen molar-refractivity contribution in [1.82, 2.24) is 15.1 Å². The van der Waals surface area contributed by atoms with Gasteiger partial charge in [-0.15, -0.1) is 0 Å². The molecule has 0 spiro atoms. The van der Waals surface area contributed by atoms with E-state index in [4.69, 9.17) is 0 Å². The lowest BCUT2D eigenvalue weighted by Gasteiger charge is -2.43. The van der Waals surface area contributed by atoms with Gasteiger partial charge >= 0.3 is 6.03 Å². The van der Waals surface area contributed by atoms with Gasteiger partial charge in [0.25, 0.3) is 0 Å². The molecule has 0 bridgehead atoms. The standard InChI is InChI=1S/C13H25N3O/c1-14-8-11-9-15(2)13(17)16(10-11)12-6-4-3-5-7-12/h11-12,14H,3-10H2,1-2H3. The molecule has 1 unspecified atom stereocenters. The molecule has 98 valence electrons. The molecule has 1 heterocycles. The normalized spacial score (nSPS) is 27.6. The number of nitrogens with one attached hydrogen (secondary N) is 1. The Morgan fingerprint density at radius 3 is 2.59 bits per heavy atom. The number of rotatable bonds is 3. The van der Waals surface area contributed by atoms with Gasteiger partial charge in [0.2, 0.25) is 0 Å². The molecule has 1 saturated heterocycles. The van der Waals surface area contributed by atoms with Crippen molar-refractivity contribution in [2.75, 3.05) is 33.7 Å². The summed E-state index contributed by atoms with van der Waals surface area (Å²) in [6, 6.07) is 0.739. The van der Waals surface area contributed by atoms with Crippen LogP contribution in [0.1, 0.15) is 32.1 Å². The quantitative estimate of drug-likeness (QED) is 0.810. The maximum absolute atomic E-state index is 12.2. The molecule has 2 fully saturated rings. The minimum absolute atomic E-state index is 0.240. The van der Waals surface area contributed by atoms with Crippen LogP contribution in [-0.2, 0) is 0 Å². The van der Waals surface area contributed by atoms with Crippen molar-refractivity contribution in [3.05, 3.63) is 0 Å². The molecule has 1 aliphatic heterocycles. The molecule has 2 amide bonds. The topological polar surface area (TPSA) is 35.6 Å². The van der Waals surface area contributed by atoms with E-state index in [0.717, 1.165) is 19.6 Å². The van der Waals surface area contributed by atoms with E-state index in [1.165, 1.54) is 32.1 Å². The van der Waals surface area contributed by atoms with E-state index in [1.54, 1.807) is 0 Å². The SMILES string of the molecule is CNCC1CN(C)C(=O)N(C2CCCCC2)C1. The summed E-state index contributed by atoms with van der Waals surface area (Å²) in [6.45, 7) is 2.83. The highest BCUT2D eigenvalue weighted by Crippen LogP contribution is 2.26. The van der Waals surface area contributed by atoms with Crippen LogP contribution in [0.4, 0.5) is 4.79 Å². The molecule has 1 atom stereocenters. The Morgan fingerprint density at radius 1 is 1.24 bits per heavy atom. The summed E-state index contributed by atoms with van der Waals surface area (Å²) in [6.07, 6.45) is 6.32. The predicted octanol–water partition coefficient (Wildman–Crippen LogP) is 1.52. The first-order valence-corrected chi connectivity index (χ1v) is 6.88. The fourth-order valence-electron chi connectivity index (χ4n) is 3.21. The Morgan fingerprint density at radius 2 is 1.94 bits per heavy atom. The minimum Gasteiger partial charge on any atom is -0.327 e. The van der Waals surface area contributed by atoms with E-state index in [0.29, 0.717) is 12.0 Å². The second-order valence-corrected chi connectivity index (χ2v) is 5.53. The summed E-state index contributed by atoms with van der Waals surface area (Å²) >= 11 is 0. The smallest absolute Gasteiger partial charge is 0.320 e. The van der Waals surface area contributed by atoms with Gasteiger partial charge in [-0.25, -0.2) is 4.79 Å².